The highest BCUT2D eigenvalue weighted by atomic mass is 19.4. The predicted molar refractivity (Wildman–Crippen MR) is 134 cm³/mol. The van der Waals surface area contributed by atoms with Crippen LogP contribution in [-0.2, 0) is 12.6 Å². The van der Waals surface area contributed by atoms with Gasteiger partial charge in [-0.2, -0.15) is 26.3 Å². The molecule has 38 heavy (non-hydrogen) atoms. The summed E-state index contributed by atoms with van der Waals surface area (Å²) in [6, 6.07) is 8.32. The van der Waals surface area contributed by atoms with Crippen LogP contribution < -0.4 is 10.6 Å². The van der Waals surface area contributed by atoms with Gasteiger partial charge in [0.2, 0.25) is 0 Å². The Morgan fingerprint density at radius 3 is 2.39 bits per heavy atom. The number of H-pyrrole nitrogens is 1. The van der Waals surface area contributed by atoms with E-state index in [-0.39, 0.29) is 5.76 Å². The van der Waals surface area contributed by atoms with Gasteiger partial charge in [0.05, 0.1) is 5.56 Å². The van der Waals surface area contributed by atoms with E-state index >= 15 is 0 Å². The summed E-state index contributed by atoms with van der Waals surface area (Å²) in [7, 11) is 0. The maximum Gasteiger partial charge on any atom is 0.416 e. The fraction of sp³-hybridized carbons (Fsp3) is 0.407. The third-order valence-corrected chi connectivity index (χ3v) is 7.18. The van der Waals surface area contributed by atoms with Gasteiger partial charge in [0, 0.05) is 54.4 Å². The molecule has 204 valence electrons. The van der Waals surface area contributed by atoms with E-state index in [2.05, 4.69) is 14.8 Å². The number of anilines is 1. The van der Waals surface area contributed by atoms with Crippen LogP contribution in [0, 0.1) is 0 Å². The van der Waals surface area contributed by atoms with Gasteiger partial charge in [0.15, 0.2) is 6.04 Å². The summed E-state index contributed by atoms with van der Waals surface area (Å²) in [6.07, 6.45) is -4.65. The highest BCUT2D eigenvalue weighted by Crippen LogP contribution is 2.35. The molecule has 11 heteroatoms. The Hall–Kier alpha value is -3.18. The zero-order valence-corrected chi connectivity index (χ0v) is 20.5. The van der Waals surface area contributed by atoms with E-state index in [4.69, 9.17) is 10.2 Å². The molecule has 0 amide bonds. The Kier molecular flexibility index (Phi) is 7.08. The van der Waals surface area contributed by atoms with Gasteiger partial charge in [-0.3, -0.25) is 4.90 Å². The summed E-state index contributed by atoms with van der Waals surface area (Å²) in [4.78, 5) is 7.60. The van der Waals surface area contributed by atoms with Crippen LogP contribution >= 0.6 is 0 Å². The van der Waals surface area contributed by atoms with Crippen LogP contribution in [0.25, 0.3) is 21.9 Å². The molecule has 0 bridgehead atoms. The normalized spacial score (nSPS) is 16.6. The van der Waals surface area contributed by atoms with Gasteiger partial charge in [0.25, 0.3) is 0 Å². The number of nitrogens with two attached hydrogens (primary N) is 1. The van der Waals surface area contributed by atoms with Crippen LogP contribution in [0.1, 0.15) is 35.8 Å². The number of rotatable bonds is 7. The molecule has 0 radical (unpaired) electrons. The second-order valence-electron chi connectivity index (χ2n) is 9.75. The van der Waals surface area contributed by atoms with Crippen molar-refractivity contribution in [3.63, 3.8) is 0 Å². The molecule has 1 aliphatic rings. The number of benzene rings is 2. The van der Waals surface area contributed by atoms with Gasteiger partial charge in [-0.1, -0.05) is 0 Å². The average molecular weight is 539 g/mol. The standard InChI is InChI=1S/C27H28F6N4O/c28-26(29,30)19-4-6-22-21(15-19)17(16-35-22)3-1-2-8-36-9-11-37(12-10-36)20-5-7-23-18(13-20)14-24(38-23)25(34)27(31,32)33/h4-7,13-16,25,35H,1-3,8-12,34H2. The van der Waals surface area contributed by atoms with Crippen LogP contribution in [0.4, 0.5) is 32.0 Å². The highest BCUT2D eigenvalue weighted by molar-refractivity contribution is 5.84. The summed E-state index contributed by atoms with van der Waals surface area (Å²) < 4.78 is 83.3. The number of halogens is 6. The monoisotopic (exact) mass is 538 g/mol. The van der Waals surface area contributed by atoms with Gasteiger partial charge in [-0.15, -0.1) is 0 Å². The second-order valence-corrected chi connectivity index (χ2v) is 9.75. The van der Waals surface area contributed by atoms with E-state index in [0.717, 1.165) is 62.9 Å². The first-order valence-corrected chi connectivity index (χ1v) is 12.5. The summed E-state index contributed by atoms with van der Waals surface area (Å²) in [5.41, 5.74) is 7.53. The lowest BCUT2D eigenvalue weighted by atomic mass is 10.0. The molecule has 3 N–H and O–H groups in total. The highest BCUT2D eigenvalue weighted by Gasteiger charge is 2.40. The number of unbranched alkanes of at least 4 members (excludes halogenated alkanes) is 1. The van der Waals surface area contributed by atoms with E-state index in [1.54, 1.807) is 12.3 Å². The number of hydrogen-bond donors (Lipinski definition) is 2. The Morgan fingerprint density at radius 1 is 0.921 bits per heavy atom. The molecular weight excluding hydrogens is 510 g/mol. The number of nitrogens with one attached hydrogen (secondary N) is 1. The number of aromatic amines is 1. The van der Waals surface area contributed by atoms with Crippen molar-refractivity contribution in [1.29, 1.82) is 0 Å². The number of aryl methyl sites for hydroxylation is 1. The maximum absolute atomic E-state index is 13.1. The van der Waals surface area contributed by atoms with Crippen LogP contribution in [0.5, 0.6) is 0 Å². The quantitative estimate of drug-likeness (QED) is 0.205. The summed E-state index contributed by atoms with van der Waals surface area (Å²) >= 11 is 0. The first-order chi connectivity index (χ1) is 18.0. The molecule has 2 aromatic carbocycles. The second kappa shape index (κ2) is 10.2. The largest absolute Gasteiger partial charge is 0.459 e. The van der Waals surface area contributed by atoms with E-state index in [1.165, 1.54) is 18.2 Å². The molecule has 1 fully saturated rings. The molecular formula is C27H28F6N4O. The Labute approximate surface area is 215 Å². The minimum Gasteiger partial charge on any atom is -0.459 e. The number of furan rings is 1. The molecule has 3 heterocycles. The number of aromatic nitrogens is 1. The van der Waals surface area contributed by atoms with Gasteiger partial charge in [-0.05, 0) is 73.8 Å². The number of fused-ring (bicyclic) bond motifs is 2. The third kappa shape index (κ3) is 5.63. The lowest BCUT2D eigenvalue weighted by Gasteiger charge is -2.36. The number of alkyl halides is 6. The molecule has 2 aromatic heterocycles. The molecule has 1 saturated heterocycles. The van der Waals surface area contributed by atoms with Gasteiger partial charge < -0.3 is 20.0 Å². The van der Waals surface area contributed by atoms with Gasteiger partial charge in [-0.25, -0.2) is 0 Å². The molecule has 1 unspecified atom stereocenters. The lowest BCUT2D eigenvalue weighted by molar-refractivity contribution is -0.152. The molecule has 0 saturated carbocycles. The SMILES string of the molecule is NC(c1cc2cc(N3CCN(CCCCc4c[nH]c5ccc(C(F)(F)F)cc45)CC3)ccc2o1)C(F)(F)F. The van der Waals surface area contributed by atoms with Crippen LogP contribution in [-0.4, -0.2) is 48.8 Å². The molecule has 4 aromatic rings. The molecule has 0 spiro atoms. The van der Waals surface area contributed by atoms with Crippen molar-refractivity contribution in [2.75, 3.05) is 37.6 Å². The molecule has 0 aliphatic carbocycles. The third-order valence-electron chi connectivity index (χ3n) is 7.18. The zero-order chi connectivity index (χ0) is 27.1. The topological polar surface area (TPSA) is 61.4 Å². The number of hydrogen-bond acceptors (Lipinski definition) is 4. The van der Waals surface area contributed by atoms with Crippen molar-refractivity contribution >= 4 is 27.6 Å². The van der Waals surface area contributed by atoms with Crippen molar-refractivity contribution < 1.29 is 30.8 Å². The molecule has 5 rings (SSSR count). The molecule has 1 aliphatic heterocycles. The van der Waals surface area contributed by atoms with E-state index in [0.29, 0.717) is 28.3 Å². The van der Waals surface area contributed by atoms with Crippen LogP contribution in [0.3, 0.4) is 0 Å². The van der Waals surface area contributed by atoms with Crippen LogP contribution in [0.2, 0.25) is 0 Å². The maximum atomic E-state index is 13.1. The van der Waals surface area contributed by atoms with Crippen molar-refractivity contribution in [3.05, 3.63) is 65.5 Å². The fourth-order valence-corrected chi connectivity index (χ4v) is 5.00. The predicted octanol–water partition coefficient (Wildman–Crippen LogP) is 6.64. The summed E-state index contributed by atoms with van der Waals surface area (Å²) in [5, 5.41) is 1.20. The van der Waals surface area contributed by atoms with Crippen LogP contribution in [0.15, 0.2) is 53.1 Å². The molecule has 1 atom stereocenters. The van der Waals surface area contributed by atoms with Crippen molar-refractivity contribution in [2.24, 2.45) is 5.73 Å². The van der Waals surface area contributed by atoms with E-state index in [9.17, 15) is 26.3 Å². The first kappa shape index (κ1) is 26.4. The smallest absolute Gasteiger partial charge is 0.416 e. The Morgan fingerprint density at radius 2 is 1.68 bits per heavy atom. The summed E-state index contributed by atoms with van der Waals surface area (Å²) in [5.74, 6) is -0.303. The summed E-state index contributed by atoms with van der Waals surface area (Å²) in [6.45, 7) is 4.14. The number of piperazine rings is 1. The minimum atomic E-state index is -4.57. The first-order valence-electron chi connectivity index (χ1n) is 12.5. The minimum absolute atomic E-state index is 0.303. The van der Waals surface area contributed by atoms with Crippen molar-refractivity contribution in [3.8, 4) is 0 Å². The van der Waals surface area contributed by atoms with E-state index in [1.807, 2.05) is 12.1 Å². The Bertz CT molecular complexity index is 1400. The van der Waals surface area contributed by atoms with Gasteiger partial charge >= 0.3 is 12.4 Å². The van der Waals surface area contributed by atoms with E-state index < -0.39 is 24.0 Å². The lowest BCUT2D eigenvalue weighted by Crippen LogP contribution is -2.46. The molecule has 5 nitrogen and oxygen atoms in total. The average Bonchev–Trinajstić information content (AvgIpc) is 3.48. The fourth-order valence-electron chi connectivity index (χ4n) is 5.00. The zero-order valence-electron chi connectivity index (χ0n) is 20.5. The Balaban J connectivity index is 1.11. The van der Waals surface area contributed by atoms with Crippen molar-refractivity contribution in [2.45, 2.75) is 37.7 Å². The van der Waals surface area contributed by atoms with Crippen molar-refractivity contribution in [1.82, 2.24) is 9.88 Å². The van der Waals surface area contributed by atoms with Gasteiger partial charge in [0.1, 0.15) is 11.3 Å². The number of nitrogens with zero attached hydrogens (tertiary/aromatic N) is 2.